The van der Waals surface area contributed by atoms with Crippen molar-refractivity contribution < 1.29 is 9.53 Å². The van der Waals surface area contributed by atoms with Crippen LogP contribution in [0.5, 0.6) is 0 Å². The van der Waals surface area contributed by atoms with E-state index in [0.29, 0.717) is 5.56 Å². The van der Waals surface area contributed by atoms with Gasteiger partial charge in [0.15, 0.2) is 11.0 Å². The fraction of sp³-hybridized carbons (Fsp3) is 0.318. The van der Waals surface area contributed by atoms with Crippen LogP contribution in [0.1, 0.15) is 10.4 Å². The lowest BCUT2D eigenvalue weighted by Crippen LogP contribution is -2.37. The summed E-state index contributed by atoms with van der Waals surface area (Å²) < 4.78 is 7.41. The molecule has 0 unspecified atom stereocenters. The summed E-state index contributed by atoms with van der Waals surface area (Å²) in [6, 6.07) is 16.8. The summed E-state index contributed by atoms with van der Waals surface area (Å²) in [5, 5.41) is 12.5. The van der Waals surface area contributed by atoms with Crippen LogP contribution in [0.3, 0.4) is 0 Å². The lowest BCUT2D eigenvalue weighted by atomic mass is 10.1. The molecule has 1 N–H and O–H groups in total. The Labute approximate surface area is 180 Å². The zero-order valence-corrected chi connectivity index (χ0v) is 17.8. The minimum Gasteiger partial charge on any atom is -0.379 e. The van der Waals surface area contributed by atoms with E-state index in [1.54, 1.807) is 23.9 Å². The van der Waals surface area contributed by atoms with E-state index in [1.165, 1.54) is 0 Å². The third-order valence-electron chi connectivity index (χ3n) is 5.01. The van der Waals surface area contributed by atoms with Gasteiger partial charge in [-0.1, -0.05) is 30.0 Å². The molecule has 1 aliphatic rings. The van der Waals surface area contributed by atoms with Gasteiger partial charge < -0.3 is 14.6 Å². The standard InChI is InChI=1S/C22H25N5O2S/c1-26-20(24-25-22(26)30-16-13-27-11-14-29-15-12-27)17-7-9-19(10-8-17)23-21(28)18-5-3-2-4-6-18/h2-10H,11-16H2,1H3,(H,23,28). The number of benzene rings is 2. The van der Waals surface area contributed by atoms with Crippen LogP contribution in [0.25, 0.3) is 11.4 Å². The van der Waals surface area contributed by atoms with E-state index in [0.717, 1.165) is 60.8 Å². The quantitative estimate of drug-likeness (QED) is 0.589. The van der Waals surface area contributed by atoms with E-state index >= 15 is 0 Å². The summed E-state index contributed by atoms with van der Waals surface area (Å²) >= 11 is 1.72. The van der Waals surface area contributed by atoms with Gasteiger partial charge in [-0.15, -0.1) is 10.2 Å². The summed E-state index contributed by atoms with van der Waals surface area (Å²) in [5.74, 6) is 1.65. The number of carbonyl (C=O) groups excluding carboxylic acids is 1. The van der Waals surface area contributed by atoms with Gasteiger partial charge in [-0.05, 0) is 36.4 Å². The first-order valence-corrected chi connectivity index (χ1v) is 11.0. The zero-order valence-electron chi connectivity index (χ0n) is 17.0. The molecule has 1 aliphatic heterocycles. The first kappa shape index (κ1) is 20.6. The molecule has 0 atom stereocenters. The predicted octanol–water partition coefficient (Wildman–Crippen LogP) is 3.16. The van der Waals surface area contributed by atoms with E-state index in [2.05, 4.69) is 20.4 Å². The van der Waals surface area contributed by atoms with E-state index < -0.39 is 0 Å². The SMILES string of the molecule is Cn1c(SCCN2CCOCC2)nnc1-c1ccc(NC(=O)c2ccccc2)cc1. The Hall–Kier alpha value is -2.68. The molecule has 1 aromatic heterocycles. The van der Waals surface area contributed by atoms with E-state index in [1.807, 2.05) is 54.1 Å². The van der Waals surface area contributed by atoms with Crippen LogP contribution in [-0.2, 0) is 11.8 Å². The summed E-state index contributed by atoms with van der Waals surface area (Å²) in [6.07, 6.45) is 0. The maximum absolute atomic E-state index is 12.3. The normalized spacial score (nSPS) is 14.6. The van der Waals surface area contributed by atoms with Crippen molar-refractivity contribution in [1.29, 1.82) is 0 Å². The molecule has 0 aliphatic carbocycles. The Kier molecular flexibility index (Phi) is 6.78. The van der Waals surface area contributed by atoms with Crippen LogP contribution in [0.2, 0.25) is 0 Å². The van der Waals surface area contributed by atoms with Gasteiger partial charge in [-0.2, -0.15) is 0 Å². The van der Waals surface area contributed by atoms with E-state index in [-0.39, 0.29) is 5.91 Å². The van der Waals surface area contributed by atoms with Crippen molar-refractivity contribution in [2.45, 2.75) is 5.16 Å². The number of morpholine rings is 1. The first-order chi connectivity index (χ1) is 14.7. The second-order valence-corrected chi connectivity index (χ2v) is 8.13. The minimum atomic E-state index is -0.124. The highest BCUT2D eigenvalue weighted by Crippen LogP contribution is 2.24. The fourth-order valence-electron chi connectivity index (χ4n) is 3.28. The molecule has 1 amide bonds. The molecule has 0 radical (unpaired) electrons. The molecule has 30 heavy (non-hydrogen) atoms. The number of carbonyl (C=O) groups is 1. The summed E-state index contributed by atoms with van der Waals surface area (Å²) in [5.41, 5.74) is 2.34. The average molecular weight is 424 g/mol. The molecule has 4 rings (SSSR count). The van der Waals surface area contributed by atoms with E-state index in [4.69, 9.17) is 4.74 Å². The summed E-state index contributed by atoms with van der Waals surface area (Å²) in [4.78, 5) is 14.7. The van der Waals surface area contributed by atoms with Gasteiger partial charge in [0.2, 0.25) is 0 Å². The van der Waals surface area contributed by atoms with Gasteiger partial charge >= 0.3 is 0 Å². The molecule has 0 saturated carbocycles. The maximum Gasteiger partial charge on any atom is 0.255 e. The fourth-order valence-corrected chi connectivity index (χ4v) is 4.19. The Balaban J connectivity index is 1.35. The molecule has 3 aromatic rings. The van der Waals surface area contributed by atoms with Crippen molar-refractivity contribution in [1.82, 2.24) is 19.7 Å². The summed E-state index contributed by atoms with van der Waals surface area (Å²) in [6.45, 7) is 4.66. The second-order valence-electron chi connectivity index (χ2n) is 7.07. The minimum absolute atomic E-state index is 0.124. The molecular formula is C22H25N5O2S. The van der Waals surface area contributed by atoms with Gasteiger partial charge in [0.25, 0.3) is 5.91 Å². The van der Waals surface area contributed by atoms with Crippen molar-refractivity contribution >= 4 is 23.4 Å². The largest absolute Gasteiger partial charge is 0.379 e. The van der Waals surface area contributed by atoms with Crippen LogP contribution in [-0.4, -0.2) is 64.2 Å². The predicted molar refractivity (Wildman–Crippen MR) is 119 cm³/mol. The molecule has 2 aromatic carbocycles. The smallest absolute Gasteiger partial charge is 0.255 e. The van der Waals surface area contributed by atoms with Gasteiger partial charge in [-0.3, -0.25) is 9.69 Å². The monoisotopic (exact) mass is 423 g/mol. The number of anilines is 1. The topological polar surface area (TPSA) is 72.3 Å². The van der Waals surface area contributed by atoms with Crippen molar-refractivity contribution in [3.05, 3.63) is 60.2 Å². The van der Waals surface area contributed by atoms with Gasteiger partial charge in [0, 0.05) is 49.2 Å². The second kappa shape index (κ2) is 9.88. The molecule has 0 spiro atoms. The molecule has 1 saturated heterocycles. The molecule has 7 nitrogen and oxygen atoms in total. The lowest BCUT2D eigenvalue weighted by molar-refractivity contribution is 0.0410. The number of aromatic nitrogens is 3. The Bertz CT molecular complexity index is 969. The molecule has 0 bridgehead atoms. The number of hydrogen-bond donors (Lipinski definition) is 1. The number of thioether (sulfide) groups is 1. The van der Waals surface area contributed by atoms with Crippen LogP contribution in [0.4, 0.5) is 5.69 Å². The zero-order chi connectivity index (χ0) is 20.8. The number of nitrogens with zero attached hydrogens (tertiary/aromatic N) is 4. The third-order valence-corrected chi connectivity index (χ3v) is 6.01. The van der Waals surface area contributed by atoms with Crippen LogP contribution in [0.15, 0.2) is 59.8 Å². The van der Waals surface area contributed by atoms with Crippen molar-refractivity contribution in [3.63, 3.8) is 0 Å². The third kappa shape index (κ3) is 5.08. The number of hydrogen-bond acceptors (Lipinski definition) is 6. The molecule has 156 valence electrons. The number of rotatable bonds is 7. The molecule has 2 heterocycles. The number of amides is 1. The highest BCUT2D eigenvalue weighted by Gasteiger charge is 2.14. The van der Waals surface area contributed by atoms with Crippen molar-refractivity contribution in [2.75, 3.05) is 43.9 Å². The van der Waals surface area contributed by atoms with Crippen LogP contribution < -0.4 is 5.32 Å². The maximum atomic E-state index is 12.3. The van der Waals surface area contributed by atoms with Gasteiger partial charge in [0.05, 0.1) is 13.2 Å². The molecular weight excluding hydrogens is 398 g/mol. The average Bonchev–Trinajstić information content (AvgIpc) is 3.16. The van der Waals surface area contributed by atoms with Crippen LogP contribution >= 0.6 is 11.8 Å². The summed E-state index contributed by atoms with van der Waals surface area (Å²) in [7, 11) is 1.98. The van der Waals surface area contributed by atoms with Gasteiger partial charge in [0.1, 0.15) is 0 Å². The highest BCUT2D eigenvalue weighted by molar-refractivity contribution is 7.99. The van der Waals surface area contributed by atoms with E-state index in [9.17, 15) is 4.79 Å². The highest BCUT2D eigenvalue weighted by atomic mass is 32.2. The number of ether oxygens (including phenoxy) is 1. The van der Waals surface area contributed by atoms with Crippen molar-refractivity contribution in [2.24, 2.45) is 7.05 Å². The Morgan fingerprint density at radius 2 is 1.80 bits per heavy atom. The Morgan fingerprint density at radius 3 is 2.53 bits per heavy atom. The molecule has 1 fully saturated rings. The van der Waals surface area contributed by atoms with Crippen molar-refractivity contribution in [3.8, 4) is 11.4 Å². The molecule has 8 heteroatoms. The van der Waals surface area contributed by atoms with Crippen LogP contribution in [0, 0.1) is 0 Å². The first-order valence-electron chi connectivity index (χ1n) is 10.00. The lowest BCUT2D eigenvalue weighted by Gasteiger charge is -2.26. The van der Waals surface area contributed by atoms with Gasteiger partial charge in [-0.25, -0.2) is 0 Å². The Morgan fingerprint density at radius 1 is 1.07 bits per heavy atom. The number of nitrogens with one attached hydrogen (secondary N) is 1.